The van der Waals surface area contributed by atoms with Gasteiger partial charge in [0.25, 0.3) is 0 Å². The molecule has 7 heteroatoms. The lowest BCUT2D eigenvalue weighted by molar-refractivity contribution is -0.951. The van der Waals surface area contributed by atoms with Crippen LogP contribution in [0.5, 0.6) is 0 Å². The lowest BCUT2D eigenvalue weighted by atomic mass is 9.97. The molecule has 0 bridgehead atoms. The smallest absolute Gasteiger partial charge is 0.365 e. The van der Waals surface area contributed by atoms with Crippen LogP contribution in [-0.2, 0) is 14.3 Å². The van der Waals surface area contributed by atoms with E-state index < -0.39 is 11.9 Å². The number of hydrogen-bond donors (Lipinski definition) is 2. The van der Waals surface area contributed by atoms with E-state index in [0.29, 0.717) is 18.3 Å². The molecule has 0 spiro atoms. The topological polar surface area (TPSA) is 59.8 Å². The monoisotopic (exact) mass is 341 g/mol. The molecular formula is C16H19ClFN2O3+. The summed E-state index contributed by atoms with van der Waals surface area (Å²) in [4.78, 5) is 25.4. The van der Waals surface area contributed by atoms with Crippen LogP contribution >= 0.6 is 11.6 Å². The van der Waals surface area contributed by atoms with Crippen molar-refractivity contribution in [3.63, 3.8) is 0 Å². The summed E-state index contributed by atoms with van der Waals surface area (Å²) < 4.78 is 18.4. The quantitative estimate of drug-likeness (QED) is 0.811. The van der Waals surface area contributed by atoms with Gasteiger partial charge < -0.3 is 15.0 Å². The number of anilines is 1. The number of ether oxygens (including phenoxy) is 1. The van der Waals surface area contributed by atoms with E-state index in [1.165, 1.54) is 18.2 Å². The van der Waals surface area contributed by atoms with Crippen molar-refractivity contribution in [2.45, 2.75) is 37.8 Å². The zero-order valence-corrected chi connectivity index (χ0v) is 13.4. The van der Waals surface area contributed by atoms with E-state index >= 15 is 0 Å². The maximum absolute atomic E-state index is 13.1. The van der Waals surface area contributed by atoms with Crippen LogP contribution < -0.4 is 10.2 Å². The van der Waals surface area contributed by atoms with E-state index in [1.54, 1.807) is 0 Å². The van der Waals surface area contributed by atoms with Crippen molar-refractivity contribution in [2.24, 2.45) is 0 Å². The van der Waals surface area contributed by atoms with Crippen molar-refractivity contribution >= 4 is 29.2 Å². The number of hydrogen-bond acceptors (Lipinski definition) is 3. The van der Waals surface area contributed by atoms with Crippen LogP contribution in [0.15, 0.2) is 18.2 Å². The predicted molar refractivity (Wildman–Crippen MR) is 82.9 cm³/mol. The van der Waals surface area contributed by atoms with Crippen molar-refractivity contribution < 1.29 is 23.6 Å². The molecule has 3 atom stereocenters. The normalized spacial score (nSPS) is 27.0. The fraction of sp³-hybridized carbons (Fsp3) is 0.500. The summed E-state index contributed by atoms with van der Waals surface area (Å²) in [6, 6.07) is 3.81. The van der Waals surface area contributed by atoms with Gasteiger partial charge in [-0.3, -0.25) is 4.79 Å². The van der Waals surface area contributed by atoms with E-state index in [9.17, 15) is 14.0 Å². The number of esters is 1. The van der Waals surface area contributed by atoms with E-state index in [1.807, 2.05) is 0 Å². The Morgan fingerprint density at radius 1 is 1.43 bits per heavy atom. The molecular weight excluding hydrogens is 323 g/mol. The largest absolute Gasteiger partial charge is 0.455 e. The van der Waals surface area contributed by atoms with Crippen LogP contribution in [0, 0.1) is 5.82 Å². The molecule has 0 aromatic heterocycles. The van der Waals surface area contributed by atoms with Gasteiger partial charge in [-0.1, -0.05) is 11.6 Å². The lowest BCUT2D eigenvalue weighted by Gasteiger charge is -2.40. The van der Waals surface area contributed by atoms with Gasteiger partial charge in [-0.2, -0.15) is 0 Å². The molecule has 0 saturated carbocycles. The number of piperidine rings is 1. The predicted octanol–water partition coefficient (Wildman–Crippen LogP) is 1.17. The molecule has 1 amide bonds. The fourth-order valence-corrected chi connectivity index (χ4v) is 3.56. The van der Waals surface area contributed by atoms with Gasteiger partial charge in [0.05, 0.1) is 18.0 Å². The average molecular weight is 342 g/mol. The van der Waals surface area contributed by atoms with Gasteiger partial charge in [0.15, 0.2) is 6.04 Å². The Labute approximate surface area is 138 Å². The number of morpholine rings is 1. The lowest BCUT2D eigenvalue weighted by Crippen LogP contribution is -3.22. The summed E-state index contributed by atoms with van der Waals surface area (Å²) in [6.07, 6.45) is 3.28. The van der Waals surface area contributed by atoms with Crippen LogP contribution in [0.25, 0.3) is 0 Å². The second kappa shape index (κ2) is 6.84. The molecule has 2 saturated heterocycles. The van der Waals surface area contributed by atoms with Gasteiger partial charge in [-0.25, -0.2) is 9.18 Å². The maximum atomic E-state index is 13.1. The molecule has 5 nitrogen and oxygen atoms in total. The summed E-state index contributed by atoms with van der Waals surface area (Å²) in [7, 11) is 0. The molecule has 2 fully saturated rings. The summed E-state index contributed by atoms with van der Waals surface area (Å²) in [5, 5.41) is 2.61. The van der Waals surface area contributed by atoms with Crippen molar-refractivity contribution in [2.75, 3.05) is 18.5 Å². The Hall–Kier alpha value is -1.66. The number of amides is 1. The highest BCUT2D eigenvalue weighted by Gasteiger charge is 2.43. The Morgan fingerprint density at radius 3 is 3.04 bits per heavy atom. The highest BCUT2D eigenvalue weighted by Crippen LogP contribution is 2.19. The van der Waals surface area contributed by atoms with Gasteiger partial charge in [-0.15, -0.1) is 0 Å². The number of carbonyl (C=O) groups excluding carboxylic acids is 2. The Kier molecular flexibility index (Phi) is 4.82. The first-order valence-corrected chi connectivity index (χ1v) is 8.19. The Balaban J connectivity index is 1.65. The molecule has 2 aliphatic rings. The third-order valence-corrected chi connectivity index (χ3v) is 4.83. The van der Waals surface area contributed by atoms with Gasteiger partial charge in [0.2, 0.25) is 5.91 Å². The fourth-order valence-electron chi connectivity index (χ4n) is 3.38. The molecule has 2 N–H and O–H groups in total. The first-order valence-electron chi connectivity index (χ1n) is 7.81. The molecule has 2 heterocycles. The summed E-state index contributed by atoms with van der Waals surface area (Å²) in [6.45, 7) is 1.33. The highest BCUT2D eigenvalue weighted by atomic mass is 35.5. The first kappa shape index (κ1) is 16.2. The van der Waals surface area contributed by atoms with Crippen LogP contribution in [0.2, 0.25) is 5.02 Å². The zero-order valence-electron chi connectivity index (χ0n) is 12.6. The van der Waals surface area contributed by atoms with Crippen molar-refractivity contribution in [1.29, 1.82) is 0 Å². The highest BCUT2D eigenvalue weighted by molar-refractivity contribution is 6.31. The van der Waals surface area contributed by atoms with Crippen molar-refractivity contribution in [3.8, 4) is 0 Å². The number of benzene rings is 1. The molecule has 1 aromatic rings. The number of quaternary nitrogens is 1. The van der Waals surface area contributed by atoms with E-state index in [0.717, 1.165) is 30.7 Å². The second-order valence-corrected chi connectivity index (χ2v) is 6.49. The number of carbonyl (C=O) groups is 2. The van der Waals surface area contributed by atoms with E-state index in [2.05, 4.69) is 5.32 Å². The van der Waals surface area contributed by atoms with Crippen LogP contribution in [0.1, 0.15) is 25.7 Å². The Morgan fingerprint density at radius 2 is 2.26 bits per heavy atom. The SMILES string of the molecule is O=C(C[C@@H]1C(=O)OC[C@@H]2CCCC[NH+]21)Nc1ccc(F)c(Cl)c1. The standard InChI is InChI=1S/C16H18ClFN2O3/c17-12-7-10(4-5-13(12)18)19-15(21)8-14-16(22)23-9-11-3-1-2-6-20(11)14/h4-5,7,11,14H,1-3,6,8-9H2,(H,19,21)/p+1/t11-,14+/m0/s1. The van der Waals surface area contributed by atoms with Crippen molar-refractivity contribution in [1.82, 2.24) is 0 Å². The summed E-state index contributed by atoms with van der Waals surface area (Å²) >= 11 is 5.70. The minimum absolute atomic E-state index is 0.0541. The molecule has 2 aliphatic heterocycles. The Bertz CT molecular complexity index is 625. The van der Waals surface area contributed by atoms with E-state index in [4.69, 9.17) is 16.3 Å². The molecule has 124 valence electrons. The maximum Gasteiger partial charge on any atom is 0.365 e. The number of rotatable bonds is 3. The summed E-state index contributed by atoms with van der Waals surface area (Å²) in [5.74, 6) is -1.15. The second-order valence-electron chi connectivity index (χ2n) is 6.08. The van der Waals surface area contributed by atoms with Crippen LogP contribution in [-0.4, -0.2) is 37.1 Å². The number of nitrogens with one attached hydrogen (secondary N) is 2. The minimum Gasteiger partial charge on any atom is -0.455 e. The third kappa shape index (κ3) is 3.64. The molecule has 0 radical (unpaired) electrons. The molecule has 23 heavy (non-hydrogen) atoms. The zero-order chi connectivity index (χ0) is 16.4. The molecule has 1 unspecified atom stereocenters. The van der Waals surface area contributed by atoms with Crippen molar-refractivity contribution in [3.05, 3.63) is 29.0 Å². The van der Waals surface area contributed by atoms with Gasteiger partial charge >= 0.3 is 5.97 Å². The average Bonchev–Trinajstić information content (AvgIpc) is 2.54. The number of halogens is 2. The van der Waals surface area contributed by atoms with Gasteiger partial charge in [0, 0.05) is 12.1 Å². The van der Waals surface area contributed by atoms with Crippen LogP contribution in [0.3, 0.4) is 0 Å². The minimum atomic E-state index is -0.541. The first-order chi connectivity index (χ1) is 11.0. The molecule has 0 aliphatic carbocycles. The number of cyclic esters (lactones) is 1. The van der Waals surface area contributed by atoms with Gasteiger partial charge in [0.1, 0.15) is 18.5 Å². The summed E-state index contributed by atoms with van der Waals surface area (Å²) in [5.41, 5.74) is 0.413. The van der Waals surface area contributed by atoms with E-state index in [-0.39, 0.29) is 23.3 Å². The van der Waals surface area contributed by atoms with Gasteiger partial charge in [-0.05, 0) is 31.0 Å². The third-order valence-electron chi connectivity index (χ3n) is 4.54. The number of fused-ring (bicyclic) bond motifs is 1. The van der Waals surface area contributed by atoms with Crippen LogP contribution in [0.4, 0.5) is 10.1 Å². The molecule has 3 rings (SSSR count). The molecule has 1 aromatic carbocycles.